The number of aromatic nitrogens is 3. The number of hydrogen-bond donors (Lipinski definition) is 2. The predicted molar refractivity (Wildman–Crippen MR) is 69.5 cm³/mol. The number of nitrogens with zero attached hydrogens (tertiary/aromatic N) is 3. The summed E-state index contributed by atoms with van der Waals surface area (Å²) in [5, 5.41) is 17.1. The second kappa shape index (κ2) is 4.57. The van der Waals surface area contributed by atoms with Crippen LogP contribution < -0.4 is 5.32 Å². The van der Waals surface area contributed by atoms with E-state index in [1.165, 1.54) is 12.8 Å². The highest BCUT2D eigenvalue weighted by atomic mass is 16.3. The normalized spacial score (nSPS) is 18.3. The molecule has 2 N–H and O–H groups in total. The largest absolute Gasteiger partial charge is 0.396 e. The number of nitrogens with one attached hydrogen (secondary N) is 1. The molecule has 0 aromatic carbocycles. The Balaban J connectivity index is 1.78. The molecule has 5 nitrogen and oxygen atoms in total. The van der Waals surface area contributed by atoms with Crippen molar-refractivity contribution in [2.45, 2.75) is 25.7 Å². The third kappa shape index (κ3) is 1.95. The standard InChI is InChI=1S/C13H18N4O/c18-10-13(4-1-2-5-13)9-15-12-11-3-6-16-17(11)8-7-14-12/h3,6-8,18H,1-2,4-5,9-10H2,(H,14,15). The van der Waals surface area contributed by atoms with Gasteiger partial charge in [-0.1, -0.05) is 12.8 Å². The van der Waals surface area contributed by atoms with Gasteiger partial charge in [0.15, 0.2) is 5.82 Å². The monoisotopic (exact) mass is 246 g/mol. The van der Waals surface area contributed by atoms with Crippen LogP contribution in [0.3, 0.4) is 0 Å². The number of aliphatic hydroxyl groups is 1. The highest BCUT2D eigenvalue weighted by Gasteiger charge is 2.33. The lowest BCUT2D eigenvalue weighted by molar-refractivity contribution is 0.142. The van der Waals surface area contributed by atoms with E-state index < -0.39 is 0 Å². The summed E-state index contributed by atoms with van der Waals surface area (Å²) in [6.07, 6.45) is 9.96. The molecule has 0 saturated heterocycles. The molecule has 18 heavy (non-hydrogen) atoms. The lowest BCUT2D eigenvalue weighted by Crippen LogP contribution is -2.30. The SMILES string of the molecule is OCC1(CNc2nccn3nccc23)CCCC1. The zero-order valence-electron chi connectivity index (χ0n) is 10.3. The Morgan fingerprint density at radius 1 is 1.33 bits per heavy atom. The zero-order valence-corrected chi connectivity index (χ0v) is 10.3. The second-order valence-corrected chi connectivity index (χ2v) is 5.16. The van der Waals surface area contributed by atoms with E-state index in [2.05, 4.69) is 15.4 Å². The molecule has 0 radical (unpaired) electrons. The number of aliphatic hydroxyl groups excluding tert-OH is 1. The van der Waals surface area contributed by atoms with Crippen molar-refractivity contribution in [1.29, 1.82) is 0 Å². The van der Waals surface area contributed by atoms with Crippen LogP contribution in [0.4, 0.5) is 5.82 Å². The Bertz CT molecular complexity index is 531. The van der Waals surface area contributed by atoms with Crippen molar-refractivity contribution in [1.82, 2.24) is 14.6 Å². The van der Waals surface area contributed by atoms with Crippen molar-refractivity contribution >= 4 is 11.3 Å². The predicted octanol–water partition coefficient (Wildman–Crippen LogP) is 1.69. The average Bonchev–Trinajstić information content (AvgIpc) is 3.06. The van der Waals surface area contributed by atoms with Crippen LogP contribution in [0.1, 0.15) is 25.7 Å². The van der Waals surface area contributed by atoms with Gasteiger partial charge in [-0.25, -0.2) is 9.50 Å². The smallest absolute Gasteiger partial charge is 0.152 e. The van der Waals surface area contributed by atoms with E-state index in [1.54, 1.807) is 16.9 Å². The van der Waals surface area contributed by atoms with Crippen LogP contribution in [0.2, 0.25) is 0 Å². The Kier molecular flexibility index (Phi) is 2.91. The molecule has 0 spiro atoms. The van der Waals surface area contributed by atoms with Crippen molar-refractivity contribution in [3.05, 3.63) is 24.7 Å². The topological polar surface area (TPSA) is 62.5 Å². The summed E-state index contributed by atoms with van der Waals surface area (Å²) in [4.78, 5) is 4.35. The molecule has 5 heteroatoms. The third-order valence-corrected chi connectivity index (χ3v) is 3.95. The first kappa shape index (κ1) is 11.5. The van der Waals surface area contributed by atoms with E-state index in [4.69, 9.17) is 0 Å². The first-order valence-electron chi connectivity index (χ1n) is 6.46. The van der Waals surface area contributed by atoms with Gasteiger partial charge in [-0.15, -0.1) is 0 Å². The minimum atomic E-state index is 0.0362. The number of rotatable bonds is 4. The zero-order chi connectivity index (χ0) is 12.4. The fraction of sp³-hybridized carbons (Fsp3) is 0.538. The Morgan fingerprint density at radius 3 is 2.94 bits per heavy atom. The molecule has 2 heterocycles. The molecule has 2 aromatic heterocycles. The van der Waals surface area contributed by atoms with E-state index in [0.717, 1.165) is 30.7 Å². The number of hydrogen-bond acceptors (Lipinski definition) is 4. The summed E-state index contributed by atoms with van der Waals surface area (Å²) in [5.74, 6) is 0.842. The van der Waals surface area contributed by atoms with Crippen molar-refractivity contribution < 1.29 is 5.11 Å². The Morgan fingerprint density at radius 2 is 2.17 bits per heavy atom. The van der Waals surface area contributed by atoms with Gasteiger partial charge >= 0.3 is 0 Å². The molecule has 1 aliphatic carbocycles. The van der Waals surface area contributed by atoms with Gasteiger partial charge in [0.05, 0.1) is 12.8 Å². The van der Waals surface area contributed by atoms with Crippen molar-refractivity contribution in [3.63, 3.8) is 0 Å². The molecule has 0 atom stereocenters. The molecule has 2 aromatic rings. The molecule has 0 amide bonds. The summed E-state index contributed by atoms with van der Waals surface area (Å²) in [6.45, 7) is 1.03. The van der Waals surface area contributed by atoms with Gasteiger partial charge in [-0.05, 0) is 18.9 Å². The maximum absolute atomic E-state index is 9.59. The molecule has 0 unspecified atom stereocenters. The average molecular weight is 246 g/mol. The lowest BCUT2D eigenvalue weighted by atomic mass is 9.87. The first-order chi connectivity index (χ1) is 8.83. The highest BCUT2D eigenvalue weighted by Crippen LogP contribution is 2.37. The molecule has 96 valence electrons. The molecule has 1 fully saturated rings. The van der Waals surface area contributed by atoms with E-state index in [9.17, 15) is 5.11 Å². The summed E-state index contributed by atoms with van der Waals surface area (Å²) >= 11 is 0. The van der Waals surface area contributed by atoms with Crippen LogP contribution in [0.5, 0.6) is 0 Å². The lowest BCUT2D eigenvalue weighted by Gasteiger charge is -2.26. The van der Waals surface area contributed by atoms with Gasteiger partial charge in [-0.2, -0.15) is 5.10 Å². The van der Waals surface area contributed by atoms with Gasteiger partial charge in [0.2, 0.25) is 0 Å². The maximum atomic E-state index is 9.59. The van der Waals surface area contributed by atoms with Gasteiger partial charge < -0.3 is 10.4 Å². The Labute approximate surface area is 106 Å². The molecule has 3 rings (SSSR count). The van der Waals surface area contributed by atoms with Gasteiger partial charge in [0, 0.05) is 24.4 Å². The van der Waals surface area contributed by atoms with Gasteiger partial charge in [0.1, 0.15) is 5.52 Å². The summed E-state index contributed by atoms with van der Waals surface area (Å²) in [6, 6.07) is 1.94. The van der Waals surface area contributed by atoms with Gasteiger partial charge in [-0.3, -0.25) is 0 Å². The van der Waals surface area contributed by atoms with Crippen LogP contribution in [-0.2, 0) is 0 Å². The maximum Gasteiger partial charge on any atom is 0.152 e. The van der Waals surface area contributed by atoms with E-state index >= 15 is 0 Å². The second-order valence-electron chi connectivity index (χ2n) is 5.16. The molecular weight excluding hydrogens is 228 g/mol. The highest BCUT2D eigenvalue weighted by molar-refractivity contribution is 5.66. The van der Waals surface area contributed by atoms with E-state index in [-0.39, 0.29) is 12.0 Å². The van der Waals surface area contributed by atoms with Crippen molar-refractivity contribution in [3.8, 4) is 0 Å². The quantitative estimate of drug-likeness (QED) is 0.862. The molecule has 1 aliphatic rings. The van der Waals surface area contributed by atoms with E-state index in [0.29, 0.717) is 0 Å². The summed E-state index contributed by atoms with van der Waals surface area (Å²) in [5.41, 5.74) is 1.01. The van der Waals surface area contributed by atoms with Gasteiger partial charge in [0.25, 0.3) is 0 Å². The minimum Gasteiger partial charge on any atom is -0.396 e. The molecule has 0 aliphatic heterocycles. The van der Waals surface area contributed by atoms with Crippen LogP contribution >= 0.6 is 0 Å². The van der Waals surface area contributed by atoms with Crippen LogP contribution in [0, 0.1) is 5.41 Å². The fourth-order valence-electron chi connectivity index (χ4n) is 2.78. The van der Waals surface area contributed by atoms with E-state index in [1.807, 2.05) is 12.3 Å². The Hall–Kier alpha value is -1.62. The fourth-order valence-corrected chi connectivity index (χ4v) is 2.78. The van der Waals surface area contributed by atoms with Crippen LogP contribution in [-0.4, -0.2) is 32.9 Å². The molecule has 0 bridgehead atoms. The number of fused-ring (bicyclic) bond motifs is 1. The third-order valence-electron chi connectivity index (χ3n) is 3.95. The molecular formula is C13H18N4O. The van der Waals surface area contributed by atoms with Crippen LogP contribution in [0.15, 0.2) is 24.7 Å². The van der Waals surface area contributed by atoms with Crippen molar-refractivity contribution in [2.75, 3.05) is 18.5 Å². The minimum absolute atomic E-state index is 0.0362. The molecule has 1 saturated carbocycles. The number of anilines is 1. The summed E-state index contributed by atoms with van der Waals surface area (Å²) in [7, 11) is 0. The van der Waals surface area contributed by atoms with Crippen LogP contribution in [0.25, 0.3) is 5.52 Å². The van der Waals surface area contributed by atoms with Crippen molar-refractivity contribution in [2.24, 2.45) is 5.41 Å². The summed E-state index contributed by atoms with van der Waals surface area (Å²) < 4.78 is 1.80. The first-order valence-corrected chi connectivity index (χ1v) is 6.46.